The van der Waals surface area contributed by atoms with Crippen LogP contribution in [-0.2, 0) is 6.42 Å². The molecule has 0 saturated carbocycles. The molecule has 0 aliphatic heterocycles. The Morgan fingerprint density at radius 1 is 0.840 bits per heavy atom. The average Bonchev–Trinajstić information content (AvgIpc) is 2.57. The highest BCUT2D eigenvalue weighted by Crippen LogP contribution is 2.38. The second-order valence-electron chi connectivity index (χ2n) is 5.85. The lowest BCUT2D eigenvalue weighted by molar-refractivity contribution is 1.08. The van der Waals surface area contributed by atoms with E-state index in [1.807, 2.05) is 43.5 Å². The number of nitrogens with zero attached hydrogens (tertiary/aromatic N) is 1. The predicted molar refractivity (Wildman–Crippen MR) is 108 cm³/mol. The van der Waals surface area contributed by atoms with E-state index in [1.165, 1.54) is 0 Å². The molecule has 0 atom stereocenters. The predicted octanol–water partition coefficient (Wildman–Crippen LogP) is 7.57. The number of benzene rings is 2. The zero-order valence-electron chi connectivity index (χ0n) is 13.7. The van der Waals surface area contributed by atoms with Crippen molar-refractivity contribution in [3.63, 3.8) is 0 Å². The van der Waals surface area contributed by atoms with Gasteiger partial charge in [0.25, 0.3) is 0 Å². The van der Waals surface area contributed by atoms with Gasteiger partial charge in [-0.3, -0.25) is 4.98 Å². The Labute approximate surface area is 167 Å². The maximum absolute atomic E-state index is 6.43. The van der Waals surface area contributed by atoms with E-state index in [2.05, 4.69) is 11.9 Å². The fraction of sp³-hybridized carbons (Fsp3) is 0.150. The molecule has 0 amide bonds. The second kappa shape index (κ2) is 7.55. The van der Waals surface area contributed by atoms with Gasteiger partial charge in [0.05, 0.1) is 10.0 Å². The normalized spacial score (nSPS) is 11.0. The van der Waals surface area contributed by atoms with Crippen LogP contribution in [0, 0.1) is 13.8 Å². The van der Waals surface area contributed by atoms with Crippen molar-refractivity contribution >= 4 is 46.4 Å². The summed E-state index contributed by atoms with van der Waals surface area (Å²) in [5.74, 6) is 0. The average molecular weight is 411 g/mol. The molecule has 0 saturated heterocycles. The highest BCUT2D eigenvalue weighted by atomic mass is 35.5. The van der Waals surface area contributed by atoms with Crippen LogP contribution in [0.15, 0.2) is 42.6 Å². The Hall–Kier alpha value is -1.25. The Bertz CT molecular complexity index is 930. The number of pyridine rings is 1. The highest BCUT2D eigenvalue weighted by molar-refractivity contribution is 6.43. The summed E-state index contributed by atoms with van der Waals surface area (Å²) in [6, 6.07) is 11.1. The molecule has 1 nitrogen and oxygen atoms in total. The third-order valence-electron chi connectivity index (χ3n) is 4.28. The summed E-state index contributed by atoms with van der Waals surface area (Å²) < 4.78 is 0. The van der Waals surface area contributed by atoms with Gasteiger partial charge >= 0.3 is 0 Å². The molecule has 3 rings (SSSR count). The minimum Gasteiger partial charge on any atom is -0.261 e. The minimum atomic E-state index is 0.525. The van der Waals surface area contributed by atoms with Gasteiger partial charge in [0.1, 0.15) is 0 Å². The van der Waals surface area contributed by atoms with Crippen molar-refractivity contribution in [3.8, 4) is 11.1 Å². The first-order chi connectivity index (χ1) is 11.9. The van der Waals surface area contributed by atoms with Crippen LogP contribution in [0.5, 0.6) is 0 Å². The molecule has 0 unspecified atom stereocenters. The van der Waals surface area contributed by atoms with Gasteiger partial charge in [-0.05, 0) is 48.7 Å². The molecule has 25 heavy (non-hydrogen) atoms. The highest BCUT2D eigenvalue weighted by Gasteiger charge is 2.16. The molecule has 0 N–H and O–H groups in total. The van der Waals surface area contributed by atoms with Crippen LogP contribution >= 0.6 is 46.4 Å². The maximum Gasteiger partial charge on any atom is 0.0671 e. The molecule has 0 spiro atoms. The third-order valence-corrected chi connectivity index (χ3v) is 5.81. The van der Waals surface area contributed by atoms with E-state index in [1.54, 1.807) is 6.07 Å². The first-order valence-corrected chi connectivity index (χ1v) is 9.23. The Kier molecular flexibility index (Phi) is 5.60. The number of hydrogen-bond acceptors (Lipinski definition) is 1. The Morgan fingerprint density at radius 3 is 2.12 bits per heavy atom. The topological polar surface area (TPSA) is 12.9 Å². The molecular formula is C20H15Cl4N. The van der Waals surface area contributed by atoms with Gasteiger partial charge in [0.2, 0.25) is 0 Å². The summed E-state index contributed by atoms with van der Waals surface area (Å²) >= 11 is 25.3. The molecule has 5 heteroatoms. The van der Waals surface area contributed by atoms with Crippen LogP contribution in [0.1, 0.15) is 22.4 Å². The van der Waals surface area contributed by atoms with Crippen molar-refractivity contribution in [3.05, 3.63) is 85.1 Å². The van der Waals surface area contributed by atoms with E-state index < -0.39 is 0 Å². The summed E-state index contributed by atoms with van der Waals surface area (Å²) in [5.41, 5.74) is 5.80. The van der Waals surface area contributed by atoms with Gasteiger partial charge in [0, 0.05) is 39.5 Å². The molecule has 3 aromatic rings. The van der Waals surface area contributed by atoms with Gasteiger partial charge in [0.15, 0.2) is 0 Å². The number of aryl methyl sites for hydroxylation is 1. The quantitative estimate of drug-likeness (QED) is 0.433. The van der Waals surface area contributed by atoms with Crippen molar-refractivity contribution in [1.82, 2.24) is 4.98 Å². The van der Waals surface area contributed by atoms with Crippen LogP contribution in [0.2, 0.25) is 20.1 Å². The molecule has 1 heterocycles. The Morgan fingerprint density at radius 2 is 1.44 bits per heavy atom. The van der Waals surface area contributed by atoms with Gasteiger partial charge in [-0.15, -0.1) is 0 Å². The van der Waals surface area contributed by atoms with Crippen molar-refractivity contribution in [2.75, 3.05) is 0 Å². The summed E-state index contributed by atoms with van der Waals surface area (Å²) in [6.45, 7) is 4.02. The van der Waals surface area contributed by atoms with Crippen LogP contribution in [-0.4, -0.2) is 4.98 Å². The maximum atomic E-state index is 6.43. The number of halogens is 4. The largest absolute Gasteiger partial charge is 0.261 e. The van der Waals surface area contributed by atoms with E-state index in [0.717, 1.165) is 33.5 Å². The first kappa shape index (κ1) is 18.5. The van der Waals surface area contributed by atoms with Crippen LogP contribution < -0.4 is 0 Å². The van der Waals surface area contributed by atoms with Crippen molar-refractivity contribution in [2.45, 2.75) is 20.3 Å². The molecule has 0 aliphatic rings. The smallest absolute Gasteiger partial charge is 0.0671 e. The third kappa shape index (κ3) is 3.66. The van der Waals surface area contributed by atoms with Crippen molar-refractivity contribution < 1.29 is 0 Å². The minimum absolute atomic E-state index is 0.525. The van der Waals surface area contributed by atoms with Crippen LogP contribution in [0.25, 0.3) is 11.1 Å². The zero-order valence-corrected chi connectivity index (χ0v) is 16.7. The van der Waals surface area contributed by atoms with Gasteiger partial charge < -0.3 is 0 Å². The van der Waals surface area contributed by atoms with Crippen molar-refractivity contribution in [1.29, 1.82) is 0 Å². The Balaban J connectivity index is 2.14. The molecule has 128 valence electrons. The van der Waals surface area contributed by atoms with Gasteiger partial charge in [-0.2, -0.15) is 0 Å². The number of rotatable bonds is 3. The molecule has 1 aromatic heterocycles. The van der Waals surface area contributed by atoms with E-state index in [0.29, 0.717) is 26.5 Å². The molecule has 0 radical (unpaired) electrons. The zero-order chi connectivity index (χ0) is 18.1. The van der Waals surface area contributed by atoms with E-state index in [-0.39, 0.29) is 0 Å². The van der Waals surface area contributed by atoms with Crippen LogP contribution in [0.4, 0.5) is 0 Å². The monoisotopic (exact) mass is 409 g/mol. The summed E-state index contributed by atoms with van der Waals surface area (Å²) in [5, 5.41) is 2.35. The lowest BCUT2D eigenvalue weighted by atomic mass is 9.93. The summed E-state index contributed by atoms with van der Waals surface area (Å²) in [4.78, 5) is 4.55. The lowest BCUT2D eigenvalue weighted by Gasteiger charge is -2.16. The van der Waals surface area contributed by atoms with Crippen molar-refractivity contribution in [2.24, 2.45) is 0 Å². The van der Waals surface area contributed by atoms with Gasteiger partial charge in [-0.1, -0.05) is 64.6 Å². The van der Waals surface area contributed by atoms with E-state index in [9.17, 15) is 0 Å². The first-order valence-electron chi connectivity index (χ1n) is 7.72. The summed E-state index contributed by atoms with van der Waals surface area (Å²) in [6.07, 6.45) is 2.47. The lowest BCUT2D eigenvalue weighted by Crippen LogP contribution is -2.01. The molecule has 2 aromatic carbocycles. The molecule has 0 aliphatic carbocycles. The fourth-order valence-corrected chi connectivity index (χ4v) is 3.86. The molecule has 0 bridgehead atoms. The summed E-state index contributed by atoms with van der Waals surface area (Å²) in [7, 11) is 0. The standard InChI is InChI=1S/C20H15Cl4N/c1-11-13(9-15-16(21)6-4-7-17(15)22)10-25-12(2)19(11)14-5-3-8-18(23)20(14)24/h3-8,10H,9H2,1-2H3. The molecule has 0 fully saturated rings. The van der Waals surface area contributed by atoms with Gasteiger partial charge in [-0.25, -0.2) is 0 Å². The number of hydrogen-bond donors (Lipinski definition) is 0. The van der Waals surface area contributed by atoms with E-state index in [4.69, 9.17) is 46.4 Å². The van der Waals surface area contributed by atoms with E-state index >= 15 is 0 Å². The number of aromatic nitrogens is 1. The SMILES string of the molecule is Cc1ncc(Cc2c(Cl)cccc2Cl)c(C)c1-c1cccc(Cl)c1Cl. The fourth-order valence-electron chi connectivity index (χ4n) is 2.93. The van der Waals surface area contributed by atoms with Crippen LogP contribution in [0.3, 0.4) is 0 Å². The second-order valence-corrected chi connectivity index (χ2v) is 7.45. The molecular weight excluding hydrogens is 396 g/mol.